The number of hydrogen-bond donors (Lipinski definition) is 2. The molecule has 0 amide bonds. The molecule has 20 heavy (non-hydrogen) atoms. The van der Waals surface area contributed by atoms with Gasteiger partial charge in [0.05, 0.1) is 19.3 Å². The summed E-state index contributed by atoms with van der Waals surface area (Å²) < 4.78 is 5.52. The molecule has 1 aliphatic heterocycles. The van der Waals surface area contributed by atoms with Gasteiger partial charge >= 0.3 is 0 Å². The van der Waals surface area contributed by atoms with Gasteiger partial charge in [-0.05, 0) is 12.6 Å². The number of nitrogens with zero attached hydrogens (tertiary/aromatic N) is 2. The summed E-state index contributed by atoms with van der Waals surface area (Å²) in [4.78, 5) is 2.30. The Morgan fingerprint density at radius 2 is 1.90 bits per heavy atom. The predicted molar refractivity (Wildman–Crippen MR) is 79.2 cm³/mol. The van der Waals surface area contributed by atoms with E-state index in [1.165, 1.54) is 0 Å². The normalized spacial score (nSPS) is 19.1. The number of hydrogen-bond acceptors (Lipinski definition) is 5. The number of rotatable bonds is 7. The molecule has 1 atom stereocenters. The Kier molecular flexibility index (Phi) is 6.42. The number of aliphatic hydroxyl groups is 1. The van der Waals surface area contributed by atoms with E-state index in [0.717, 1.165) is 31.7 Å². The smallest absolute Gasteiger partial charge is 0.0911 e. The second-order valence-corrected chi connectivity index (χ2v) is 5.31. The zero-order valence-corrected chi connectivity index (χ0v) is 12.2. The molecule has 0 saturated carbocycles. The van der Waals surface area contributed by atoms with Crippen molar-refractivity contribution in [2.45, 2.75) is 12.7 Å². The van der Waals surface area contributed by atoms with Crippen LogP contribution in [0.25, 0.3) is 0 Å². The summed E-state index contributed by atoms with van der Waals surface area (Å²) in [6.07, 6.45) is -0.474. The predicted octanol–water partition coefficient (Wildman–Crippen LogP) is 0.316. The van der Waals surface area contributed by atoms with E-state index in [9.17, 15) is 5.11 Å². The molecule has 1 fully saturated rings. The highest BCUT2D eigenvalue weighted by Gasteiger charge is 2.14. The summed E-state index contributed by atoms with van der Waals surface area (Å²) >= 11 is 0. The molecule has 5 nitrogen and oxygen atoms in total. The Hall–Kier alpha value is -0.980. The molecule has 0 aliphatic carbocycles. The van der Waals surface area contributed by atoms with Gasteiger partial charge in [0.15, 0.2) is 0 Å². The summed E-state index contributed by atoms with van der Waals surface area (Å²) in [6.45, 7) is 5.56. The third-order valence-corrected chi connectivity index (χ3v) is 3.48. The van der Waals surface area contributed by atoms with Gasteiger partial charge in [-0.25, -0.2) is 5.01 Å². The number of ether oxygens (including phenoxy) is 1. The van der Waals surface area contributed by atoms with Crippen molar-refractivity contribution in [3.8, 4) is 0 Å². The molecule has 0 aromatic heterocycles. The Bertz CT molecular complexity index is 367. The molecule has 1 aliphatic rings. The lowest BCUT2D eigenvalue weighted by Gasteiger charge is -2.33. The highest BCUT2D eigenvalue weighted by Crippen LogP contribution is 2.01. The molecule has 0 radical (unpaired) electrons. The Balaban J connectivity index is 1.55. The fraction of sp³-hybridized carbons (Fsp3) is 0.600. The maximum Gasteiger partial charge on any atom is 0.0911 e. The summed E-state index contributed by atoms with van der Waals surface area (Å²) in [6, 6.07) is 10.0. The van der Waals surface area contributed by atoms with E-state index in [0.29, 0.717) is 19.8 Å². The van der Waals surface area contributed by atoms with Gasteiger partial charge in [0.1, 0.15) is 0 Å². The molecule has 0 spiro atoms. The van der Waals surface area contributed by atoms with E-state index >= 15 is 0 Å². The van der Waals surface area contributed by atoms with Crippen LogP contribution < -0.4 is 5.43 Å². The van der Waals surface area contributed by atoms with Crippen molar-refractivity contribution >= 4 is 0 Å². The first-order valence-corrected chi connectivity index (χ1v) is 7.21. The lowest BCUT2D eigenvalue weighted by molar-refractivity contribution is 0.0111. The SMILES string of the molecule is CN1CCN(NCC(O)COCc2ccccc2)CC1. The Morgan fingerprint density at radius 1 is 1.20 bits per heavy atom. The maximum absolute atomic E-state index is 9.89. The van der Waals surface area contributed by atoms with Crippen LogP contribution in [-0.2, 0) is 11.3 Å². The molecule has 112 valence electrons. The standard InChI is InChI=1S/C15H25N3O2/c1-17-7-9-18(10-8-17)16-11-15(19)13-20-12-14-5-3-2-4-6-14/h2-6,15-16,19H,7-13H2,1H3. The topological polar surface area (TPSA) is 48.0 Å². The van der Waals surface area contributed by atoms with Crippen LogP contribution in [0, 0.1) is 0 Å². The number of benzene rings is 1. The van der Waals surface area contributed by atoms with E-state index in [-0.39, 0.29) is 0 Å². The van der Waals surface area contributed by atoms with E-state index in [2.05, 4.69) is 22.4 Å². The monoisotopic (exact) mass is 279 g/mol. The Morgan fingerprint density at radius 3 is 2.60 bits per heavy atom. The third kappa shape index (κ3) is 5.56. The molecular weight excluding hydrogens is 254 g/mol. The van der Waals surface area contributed by atoms with Crippen molar-refractivity contribution in [2.24, 2.45) is 0 Å². The van der Waals surface area contributed by atoms with Gasteiger partial charge in [-0.2, -0.15) is 0 Å². The van der Waals surface area contributed by atoms with Crippen molar-refractivity contribution in [1.29, 1.82) is 0 Å². The first-order valence-electron chi connectivity index (χ1n) is 7.21. The lowest BCUT2D eigenvalue weighted by Crippen LogP contribution is -2.52. The second-order valence-electron chi connectivity index (χ2n) is 5.31. The van der Waals surface area contributed by atoms with Crippen molar-refractivity contribution < 1.29 is 9.84 Å². The quantitative estimate of drug-likeness (QED) is 0.752. The van der Waals surface area contributed by atoms with Crippen LogP contribution in [0.1, 0.15) is 5.56 Å². The van der Waals surface area contributed by atoms with Crippen LogP contribution in [0.4, 0.5) is 0 Å². The molecule has 5 heteroatoms. The van der Waals surface area contributed by atoms with E-state index in [4.69, 9.17) is 4.74 Å². The zero-order chi connectivity index (χ0) is 14.2. The molecule has 1 unspecified atom stereocenters. The van der Waals surface area contributed by atoms with Crippen molar-refractivity contribution in [2.75, 3.05) is 46.4 Å². The number of nitrogens with one attached hydrogen (secondary N) is 1. The van der Waals surface area contributed by atoms with Crippen LogP contribution in [0.15, 0.2) is 30.3 Å². The molecule has 2 N–H and O–H groups in total. The van der Waals surface area contributed by atoms with Gasteiger partial charge in [0, 0.05) is 32.7 Å². The number of likely N-dealkylation sites (N-methyl/N-ethyl adjacent to an activating group) is 1. The molecule has 0 bridgehead atoms. The minimum absolute atomic E-state index is 0.357. The average Bonchev–Trinajstić information content (AvgIpc) is 2.48. The van der Waals surface area contributed by atoms with Gasteiger partial charge in [-0.15, -0.1) is 0 Å². The lowest BCUT2D eigenvalue weighted by atomic mass is 10.2. The van der Waals surface area contributed by atoms with Crippen LogP contribution in [0.2, 0.25) is 0 Å². The van der Waals surface area contributed by atoms with Gasteiger partial charge in [0.25, 0.3) is 0 Å². The number of hydrazine groups is 1. The molecule has 1 saturated heterocycles. The van der Waals surface area contributed by atoms with E-state index in [1.807, 2.05) is 30.3 Å². The minimum Gasteiger partial charge on any atom is -0.389 e. The molecular formula is C15H25N3O2. The highest BCUT2D eigenvalue weighted by atomic mass is 16.5. The van der Waals surface area contributed by atoms with Gasteiger partial charge in [-0.1, -0.05) is 30.3 Å². The number of piperazine rings is 1. The molecule has 1 heterocycles. The molecule has 2 rings (SSSR count). The second kappa shape index (κ2) is 8.34. The minimum atomic E-state index is -0.474. The van der Waals surface area contributed by atoms with Crippen LogP contribution in [0.5, 0.6) is 0 Å². The zero-order valence-electron chi connectivity index (χ0n) is 12.2. The third-order valence-electron chi connectivity index (χ3n) is 3.48. The molecule has 1 aromatic rings. The van der Waals surface area contributed by atoms with Crippen molar-refractivity contribution in [3.05, 3.63) is 35.9 Å². The van der Waals surface area contributed by atoms with E-state index < -0.39 is 6.10 Å². The van der Waals surface area contributed by atoms with Gasteiger partial charge < -0.3 is 14.7 Å². The van der Waals surface area contributed by atoms with Crippen molar-refractivity contribution in [1.82, 2.24) is 15.3 Å². The Labute approximate surface area is 121 Å². The van der Waals surface area contributed by atoms with Crippen molar-refractivity contribution in [3.63, 3.8) is 0 Å². The fourth-order valence-corrected chi connectivity index (χ4v) is 2.15. The van der Waals surface area contributed by atoms with Crippen LogP contribution in [-0.4, -0.2) is 67.5 Å². The maximum atomic E-state index is 9.89. The summed E-state index contributed by atoms with van der Waals surface area (Å²) in [7, 11) is 2.13. The summed E-state index contributed by atoms with van der Waals surface area (Å²) in [5, 5.41) is 12.1. The average molecular weight is 279 g/mol. The van der Waals surface area contributed by atoms with Gasteiger partial charge in [0.2, 0.25) is 0 Å². The first kappa shape index (κ1) is 15.4. The van der Waals surface area contributed by atoms with E-state index in [1.54, 1.807) is 0 Å². The van der Waals surface area contributed by atoms with Gasteiger partial charge in [-0.3, -0.25) is 5.43 Å². The first-order chi connectivity index (χ1) is 9.74. The number of aliphatic hydroxyl groups excluding tert-OH is 1. The molecule has 1 aromatic carbocycles. The fourth-order valence-electron chi connectivity index (χ4n) is 2.15. The van der Waals surface area contributed by atoms with Crippen LogP contribution in [0.3, 0.4) is 0 Å². The summed E-state index contributed by atoms with van der Waals surface area (Å²) in [5.41, 5.74) is 4.40. The summed E-state index contributed by atoms with van der Waals surface area (Å²) in [5.74, 6) is 0. The largest absolute Gasteiger partial charge is 0.389 e. The van der Waals surface area contributed by atoms with Crippen LogP contribution >= 0.6 is 0 Å². The highest BCUT2D eigenvalue weighted by molar-refractivity contribution is 5.13.